The normalized spacial score (nSPS) is 10.9. The summed E-state index contributed by atoms with van der Waals surface area (Å²) in [5.74, 6) is 1.47. The lowest BCUT2D eigenvalue weighted by atomic mass is 10.0. The number of carbonyl (C=O) groups is 1. The minimum absolute atomic E-state index is 0.271. The largest absolute Gasteiger partial charge is 0.457 e. The van der Waals surface area contributed by atoms with Gasteiger partial charge in [-0.05, 0) is 29.8 Å². The van der Waals surface area contributed by atoms with Crippen LogP contribution in [0.1, 0.15) is 22.0 Å². The predicted octanol–water partition coefficient (Wildman–Crippen LogP) is 6.08. The number of para-hydroxylation sites is 2. The van der Waals surface area contributed by atoms with E-state index in [0.717, 1.165) is 11.5 Å². The zero-order chi connectivity index (χ0) is 20.3. The van der Waals surface area contributed by atoms with Gasteiger partial charge in [0.25, 0.3) is 0 Å². The smallest absolute Gasteiger partial charge is 0.195 e. The molecule has 1 N–H and O–H groups in total. The highest BCUT2D eigenvalue weighted by Crippen LogP contribution is 2.19. The monoisotopic (exact) mass is 382 g/mol. The Kier molecular flexibility index (Phi) is 7.33. The van der Waals surface area contributed by atoms with Gasteiger partial charge in [0.2, 0.25) is 0 Å². The summed E-state index contributed by atoms with van der Waals surface area (Å²) in [6.07, 6.45) is -1.08. The first kappa shape index (κ1) is 20.1. The van der Waals surface area contributed by atoms with Gasteiger partial charge in [0.15, 0.2) is 5.78 Å². The molecule has 29 heavy (non-hydrogen) atoms. The second-order valence-corrected chi connectivity index (χ2v) is 6.27. The van der Waals surface area contributed by atoms with E-state index in [1.165, 1.54) is 0 Å². The number of Topliss-reactive ketones (excluding diaryl/α,β-unsaturated/α-hetero) is 1. The van der Waals surface area contributed by atoms with Crippen LogP contribution in [0.4, 0.5) is 0 Å². The van der Waals surface area contributed by atoms with Crippen molar-refractivity contribution in [3.05, 3.63) is 132 Å². The van der Waals surface area contributed by atoms with E-state index in [1.807, 2.05) is 72.8 Å². The van der Waals surface area contributed by atoms with E-state index in [0.29, 0.717) is 11.1 Å². The van der Waals surface area contributed by atoms with Crippen molar-refractivity contribution in [2.24, 2.45) is 0 Å². The summed E-state index contributed by atoms with van der Waals surface area (Å²) in [6, 6.07) is 37.3. The van der Waals surface area contributed by atoms with Crippen molar-refractivity contribution in [2.75, 3.05) is 0 Å². The molecule has 1 unspecified atom stereocenters. The molecule has 0 bridgehead atoms. The first-order valence-corrected chi connectivity index (χ1v) is 9.34. The first-order chi connectivity index (χ1) is 14.2. The van der Waals surface area contributed by atoms with Crippen LogP contribution < -0.4 is 4.74 Å². The number of benzene rings is 4. The number of hydrogen-bond donors (Lipinski definition) is 1. The second-order valence-electron chi connectivity index (χ2n) is 6.27. The summed E-state index contributed by atoms with van der Waals surface area (Å²) in [6.45, 7) is 0. The van der Waals surface area contributed by atoms with Gasteiger partial charge in [0, 0.05) is 5.56 Å². The molecule has 0 aliphatic heterocycles. The van der Waals surface area contributed by atoms with Crippen molar-refractivity contribution < 1.29 is 14.6 Å². The maximum atomic E-state index is 11.9. The summed E-state index contributed by atoms with van der Waals surface area (Å²) in [4.78, 5) is 11.9. The van der Waals surface area contributed by atoms with E-state index < -0.39 is 6.10 Å². The fourth-order valence-electron chi connectivity index (χ4n) is 2.66. The summed E-state index contributed by atoms with van der Waals surface area (Å²) < 4.78 is 5.58. The maximum absolute atomic E-state index is 11.9. The topological polar surface area (TPSA) is 46.5 Å². The van der Waals surface area contributed by atoms with Crippen molar-refractivity contribution in [1.29, 1.82) is 0 Å². The van der Waals surface area contributed by atoms with E-state index in [4.69, 9.17) is 4.74 Å². The van der Waals surface area contributed by atoms with Crippen LogP contribution in [0, 0.1) is 0 Å². The molecular formula is C26H22O3. The molecule has 1 atom stereocenters. The van der Waals surface area contributed by atoms with Gasteiger partial charge >= 0.3 is 0 Å². The third-order valence-corrected chi connectivity index (χ3v) is 4.14. The number of aliphatic hydroxyl groups is 1. The van der Waals surface area contributed by atoms with Gasteiger partial charge in [-0.15, -0.1) is 0 Å². The zero-order valence-electron chi connectivity index (χ0n) is 15.9. The van der Waals surface area contributed by atoms with Crippen LogP contribution in [0.2, 0.25) is 0 Å². The quantitative estimate of drug-likeness (QED) is 0.425. The number of ketones is 1. The maximum Gasteiger partial charge on any atom is 0.195 e. The molecule has 0 amide bonds. The Morgan fingerprint density at radius 1 is 0.586 bits per heavy atom. The van der Waals surface area contributed by atoms with Crippen LogP contribution >= 0.6 is 0 Å². The van der Waals surface area contributed by atoms with E-state index in [2.05, 4.69) is 0 Å². The Morgan fingerprint density at radius 2 is 0.966 bits per heavy atom. The van der Waals surface area contributed by atoms with Crippen LogP contribution in [0.15, 0.2) is 121 Å². The third-order valence-electron chi connectivity index (χ3n) is 4.14. The fourth-order valence-corrected chi connectivity index (χ4v) is 2.66. The Balaban J connectivity index is 0.000000169. The molecule has 3 heteroatoms. The van der Waals surface area contributed by atoms with Gasteiger partial charge in [0.05, 0.1) is 0 Å². The van der Waals surface area contributed by atoms with Crippen molar-refractivity contribution in [1.82, 2.24) is 0 Å². The van der Waals surface area contributed by atoms with Crippen molar-refractivity contribution in [3.8, 4) is 11.5 Å². The van der Waals surface area contributed by atoms with Gasteiger partial charge in [0.1, 0.15) is 17.6 Å². The fraction of sp³-hybridized carbons (Fsp3) is 0.0385. The lowest BCUT2D eigenvalue weighted by molar-refractivity contribution is 0.0747. The number of ether oxygens (including phenoxy) is 1. The molecular weight excluding hydrogens is 360 g/mol. The molecule has 0 fully saturated rings. The highest BCUT2D eigenvalue weighted by Gasteiger charge is 2.18. The van der Waals surface area contributed by atoms with Crippen molar-refractivity contribution in [3.63, 3.8) is 0 Å². The average Bonchev–Trinajstić information content (AvgIpc) is 2.81. The average molecular weight is 382 g/mol. The highest BCUT2D eigenvalue weighted by atomic mass is 16.5. The molecule has 0 spiro atoms. The van der Waals surface area contributed by atoms with Crippen molar-refractivity contribution >= 4 is 5.78 Å². The van der Waals surface area contributed by atoms with E-state index in [1.54, 1.807) is 48.5 Å². The van der Waals surface area contributed by atoms with Gasteiger partial charge in [-0.1, -0.05) is 97.1 Å². The van der Waals surface area contributed by atoms with Gasteiger partial charge < -0.3 is 9.84 Å². The molecule has 144 valence electrons. The first-order valence-electron chi connectivity index (χ1n) is 9.34. The van der Waals surface area contributed by atoms with Crippen LogP contribution in [-0.2, 0) is 0 Å². The zero-order valence-corrected chi connectivity index (χ0v) is 15.9. The molecule has 0 aliphatic carbocycles. The summed E-state index contributed by atoms with van der Waals surface area (Å²) in [5, 5.41) is 9.89. The SMILES string of the molecule is O=C(c1ccccc1)C(O)c1ccccc1.c1ccc(Oc2ccccc2)cc1. The molecule has 0 radical (unpaired) electrons. The van der Waals surface area contributed by atoms with Crippen LogP contribution in [-0.4, -0.2) is 10.9 Å². The molecule has 0 heterocycles. The molecule has 3 nitrogen and oxygen atoms in total. The second kappa shape index (κ2) is 10.6. The van der Waals surface area contributed by atoms with Gasteiger partial charge in [-0.3, -0.25) is 4.79 Å². The van der Waals surface area contributed by atoms with Gasteiger partial charge in [-0.2, -0.15) is 0 Å². The van der Waals surface area contributed by atoms with E-state index in [-0.39, 0.29) is 5.78 Å². The summed E-state index contributed by atoms with van der Waals surface area (Å²) in [5.41, 5.74) is 1.15. The number of aliphatic hydroxyl groups excluding tert-OH is 1. The predicted molar refractivity (Wildman–Crippen MR) is 115 cm³/mol. The summed E-state index contributed by atoms with van der Waals surface area (Å²) >= 11 is 0. The Morgan fingerprint density at radius 3 is 1.41 bits per heavy atom. The van der Waals surface area contributed by atoms with E-state index >= 15 is 0 Å². The molecule has 4 aromatic rings. The minimum Gasteiger partial charge on any atom is -0.457 e. The van der Waals surface area contributed by atoms with Gasteiger partial charge in [-0.25, -0.2) is 0 Å². The standard InChI is InChI=1S/C14H12O2.C12H10O/c15-13(11-7-3-1-4-8-11)14(16)12-9-5-2-6-10-12;1-3-7-11(8-4-1)13-12-9-5-2-6-10-12/h1-10,13,15H;1-10H. The molecule has 0 aromatic heterocycles. The molecule has 4 aromatic carbocycles. The van der Waals surface area contributed by atoms with Crippen LogP contribution in [0.25, 0.3) is 0 Å². The third kappa shape index (κ3) is 6.16. The molecule has 0 aliphatic rings. The molecule has 4 rings (SSSR count). The van der Waals surface area contributed by atoms with Crippen molar-refractivity contribution in [2.45, 2.75) is 6.10 Å². The summed E-state index contributed by atoms with van der Waals surface area (Å²) in [7, 11) is 0. The van der Waals surface area contributed by atoms with Crippen LogP contribution in [0.5, 0.6) is 11.5 Å². The molecule has 0 saturated heterocycles. The highest BCUT2D eigenvalue weighted by molar-refractivity contribution is 5.99. The van der Waals surface area contributed by atoms with Crippen LogP contribution in [0.3, 0.4) is 0 Å². The minimum atomic E-state index is -1.08. The number of rotatable bonds is 5. The number of carbonyl (C=O) groups excluding carboxylic acids is 1. The Bertz CT molecular complexity index is 948. The Labute approximate surface area is 170 Å². The lowest BCUT2D eigenvalue weighted by Gasteiger charge is -2.09. The number of hydrogen-bond acceptors (Lipinski definition) is 3. The molecule has 0 saturated carbocycles. The Hall–Kier alpha value is -3.69. The lowest BCUT2D eigenvalue weighted by Crippen LogP contribution is -2.11. The van der Waals surface area contributed by atoms with E-state index in [9.17, 15) is 9.90 Å².